The topological polar surface area (TPSA) is 43.4 Å². The van der Waals surface area contributed by atoms with Crippen LogP contribution in [0.4, 0.5) is 0 Å². The predicted octanol–water partition coefficient (Wildman–Crippen LogP) is 5.38. The SMILES string of the molecule is CCCCCCCCCCCCOC(=O)C(C)=CCC(C)=O. The number of hydrogen-bond acceptors (Lipinski definition) is 3. The molecule has 0 aromatic carbocycles. The molecule has 0 unspecified atom stereocenters. The number of ketones is 1. The summed E-state index contributed by atoms with van der Waals surface area (Å²) in [6.45, 7) is 5.94. The van der Waals surface area contributed by atoms with Crippen LogP contribution in [0, 0.1) is 0 Å². The molecule has 0 aliphatic heterocycles. The van der Waals surface area contributed by atoms with E-state index in [9.17, 15) is 9.59 Å². The number of esters is 1. The molecule has 0 fully saturated rings. The Morgan fingerprint density at radius 1 is 0.818 bits per heavy atom. The average Bonchev–Trinajstić information content (AvgIpc) is 2.49. The van der Waals surface area contributed by atoms with Gasteiger partial charge in [0.05, 0.1) is 6.61 Å². The standard InChI is InChI=1S/C19H34O3/c1-4-5-6-7-8-9-10-11-12-13-16-22-19(21)17(2)14-15-18(3)20/h14H,4-13,15-16H2,1-3H3. The Kier molecular flexibility index (Phi) is 14.0. The lowest BCUT2D eigenvalue weighted by atomic mass is 10.1. The highest BCUT2D eigenvalue weighted by molar-refractivity contribution is 5.89. The molecular formula is C19H34O3. The van der Waals surface area contributed by atoms with Crippen LogP contribution in [0.15, 0.2) is 11.6 Å². The molecular weight excluding hydrogens is 276 g/mol. The quantitative estimate of drug-likeness (QED) is 0.246. The lowest BCUT2D eigenvalue weighted by molar-refractivity contribution is -0.139. The Morgan fingerprint density at radius 3 is 1.82 bits per heavy atom. The molecule has 0 N–H and O–H groups in total. The summed E-state index contributed by atoms with van der Waals surface area (Å²) in [7, 11) is 0. The Hall–Kier alpha value is -1.12. The second-order valence-electron chi connectivity index (χ2n) is 6.11. The first-order valence-electron chi connectivity index (χ1n) is 8.91. The first kappa shape index (κ1) is 20.9. The van der Waals surface area contributed by atoms with E-state index in [4.69, 9.17) is 4.74 Å². The number of allylic oxidation sites excluding steroid dienone is 1. The number of carbonyl (C=O) groups is 2. The van der Waals surface area contributed by atoms with Gasteiger partial charge >= 0.3 is 5.97 Å². The molecule has 22 heavy (non-hydrogen) atoms. The van der Waals surface area contributed by atoms with Crippen LogP contribution in [0.5, 0.6) is 0 Å². The van der Waals surface area contributed by atoms with Gasteiger partial charge in [0.2, 0.25) is 0 Å². The summed E-state index contributed by atoms with van der Waals surface area (Å²) in [6, 6.07) is 0. The average molecular weight is 310 g/mol. The van der Waals surface area contributed by atoms with Crippen LogP contribution in [0.3, 0.4) is 0 Å². The van der Waals surface area contributed by atoms with Crippen molar-refractivity contribution in [2.75, 3.05) is 6.61 Å². The second-order valence-corrected chi connectivity index (χ2v) is 6.11. The normalized spacial score (nSPS) is 11.5. The fourth-order valence-electron chi connectivity index (χ4n) is 2.25. The Labute approximate surface area is 136 Å². The third kappa shape index (κ3) is 13.8. The van der Waals surface area contributed by atoms with E-state index in [2.05, 4.69) is 6.92 Å². The van der Waals surface area contributed by atoms with Gasteiger partial charge in [-0.05, 0) is 20.3 Å². The maximum Gasteiger partial charge on any atom is 0.333 e. The number of hydrogen-bond donors (Lipinski definition) is 0. The maximum absolute atomic E-state index is 11.6. The molecule has 0 aliphatic carbocycles. The molecule has 128 valence electrons. The van der Waals surface area contributed by atoms with E-state index in [0.29, 0.717) is 18.6 Å². The van der Waals surface area contributed by atoms with E-state index in [1.807, 2.05) is 0 Å². The first-order chi connectivity index (χ1) is 10.6. The Balaban J connectivity index is 3.40. The van der Waals surface area contributed by atoms with Gasteiger partial charge in [-0.1, -0.05) is 70.8 Å². The zero-order valence-electron chi connectivity index (χ0n) is 14.8. The van der Waals surface area contributed by atoms with Gasteiger partial charge in [-0.15, -0.1) is 0 Å². The molecule has 3 heteroatoms. The van der Waals surface area contributed by atoms with E-state index in [1.165, 1.54) is 58.3 Å². The fraction of sp³-hybridized carbons (Fsp3) is 0.789. The highest BCUT2D eigenvalue weighted by Crippen LogP contribution is 2.10. The molecule has 0 aliphatic rings. The summed E-state index contributed by atoms with van der Waals surface area (Å²) < 4.78 is 5.19. The molecule has 3 nitrogen and oxygen atoms in total. The second kappa shape index (κ2) is 14.8. The van der Waals surface area contributed by atoms with Crippen molar-refractivity contribution in [1.82, 2.24) is 0 Å². The molecule has 0 saturated carbocycles. The van der Waals surface area contributed by atoms with Gasteiger partial charge in [-0.25, -0.2) is 4.79 Å². The van der Waals surface area contributed by atoms with Crippen LogP contribution in [-0.4, -0.2) is 18.4 Å². The minimum atomic E-state index is -0.294. The van der Waals surface area contributed by atoms with Crippen molar-refractivity contribution < 1.29 is 14.3 Å². The van der Waals surface area contributed by atoms with Crippen LogP contribution in [0.25, 0.3) is 0 Å². The van der Waals surface area contributed by atoms with E-state index in [0.717, 1.165) is 12.8 Å². The van der Waals surface area contributed by atoms with Gasteiger partial charge in [0.1, 0.15) is 5.78 Å². The fourth-order valence-corrected chi connectivity index (χ4v) is 2.25. The lowest BCUT2D eigenvalue weighted by Crippen LogP contribution is -2.07. The van der Waals surface area contributed by atoms with Crippen LogP contribution >= 0.6 is 0 Å². The third-order valence-electron chi connectivity index (χ3n) is 3.75. The van der Waals surface area contributed by atoms with Gasteiger partial charge in [-0.2, -0.15) is 0 Å². The maximum atomic E-state index is 11.6. The minimum absolute atomic E-state index is 0.0573. The van der Waals surface area contributed by atoms with Gasteiger partial charge < -0.3 is 4.74 Å². The Morgan fingerprint density at radius 2 is 1.32 bits per heavy atom. The van der Waals surface area contributed by atoms with Crippen LogP contribution in [-0.2, 0) is 14.3 Å². The minimum Gasteiger partial charge on any atom is -0.462 e. The van der Waals surface area contributed by atoms with E-state index in [-0.39, 0.29) is 11.8 Å². The lowest BCUT2D eigenvalue weighted by Gasteiger charge is -2.05. The van der Waals surface area contributed by atoms with Crippen molar-refractivity contribution in [1.29, 1.82) is 0 Å². The van der Waals surface area contributed by atoms with Gasteiger partial charge in [0.25, 0.3) is 0 Å². The van der Waals surface area contributed by atoms with Crippen molar-refractivity contribution in [3.8, 4) is 0 Å². The summed E-state index contributed by atoms with van der Waals surface area (Å²) >= 11 is 0. The number of unbranched alkanes of at least 4 members (excludes halogenated alkanes) is 9. The molecule has 0 atom stereocenters. The molecule has 0 rings (SSSR count). The number of Topliss-reactive ketones (excluding diaryl/α,β-unsaturated/α-hetero) is 1. The smallest absolute Gasteiger partial charge is 0.333 e. The van der Waals surface area contributed by atoms with Gasteiger partial charge in [0, 0.05) is 12.0 Å². The summed E-state index contributed by atoms with van der Waals surface area (Å²) in [5.41, 5.74) is 0.530. The summed E-state index contributed by atoms with van der Waals surface area (Å²) in [5, 5.41) is 0. The number of carbonyl (C=O) groups excluding carboxylic acids is 2. The largest absolute Gasteiger partial charge is 0.462 e. The monoisotopic (exact) mass is 310 g/mol. The van der Waals surface area contributed by atoms with Gasteiger partial charge in [0.15, 0.2) is 0 Å². The predicted molar refractivity (Wildman–Crippen MR) is 91.9 cm³/mol. The molecule has 0 spiro atoms. The van der Waals surface area contributed by atoms with Crippen molar-refractivity contribution in [2.45, 2.75) is 91.4 Å². The van der Waals surface area contributed by atoms with E-state index in [1.54, 1.807) is 13.0 Å². The number of rotatable bonds is 14. The number of ether oxygens (including phenoxy) is 1. The summed E-state index contributed by atoms with van der Waals surface area (Å²) in [5.74, 6) is -0.237. The third-order valence-corrected chi connectivity index (χ3v) is 3.75. The van der Waals surface area contributed by atoms with Crippen molar-refractivity contribution in [3.05, 3.63) is 11.6 Å². The molecule has 0 saturated heterocycles. The highest BCUT2D eigenvalue weighted by atomic mass is 16.5. The van der Waals surface area contributed by atoms with Crippen molar-refractivity contribution in [2.24, 2.45) is 0 Å². The molecule has 0 aromatic rings. The molecule has 0 radical (unpaired) electrons. The van der Waals surface area contributed by atoms with Crippen LogP contribution in [0.1, 0.15) is 91.4 Å². The first-order valence-corrected chi connectivity index (χ1v) is 8.91. The molecule has 0 heterocycles. The van der Waals surface area contributed by atoms with Crippen molar-refractivity contribution >= 4 is 11.8 Å². The van der Waals surface area contributed by atoms with Crippen LogP contribution < -0.4 is 0 Å². The molecule has 0 bridgehead atoms. The van der Waals surface area contributed by atoms with E-state index >= 15 is 0 Å². The molecule has 0 amide bonds. The zero-order chi connectivity index (χ0) is 16.6. The zero-order valence-corrected chi connectivity index (χ0v) is 14.8. The summed E-state index contributed by atoms with van der Waals surface area (Å²) in [4.78, 5) is 22.4. The Bertz CT molecular complexity index is 332. The van der Waals surface area contributed by atoms with Crippen molar-refractivity contribution in [3.63, 3.8) is 0 Å². The van der Waals surface area contributed by atoms with Gasteiger partial charge in [-0.3, -0.25) is 4.79 Å². The highest BCUT2D eigenvalue weighted by Gasteiger charge is 2.05. The van der Waals surface area contributed by atoms with Crippen LogP contribution in [0.2, 0.25) is 0 Å². The summed E-state index contributed by atoms with van der Waals surface area (Å²) in [6.07, 6.45) is 14.6. The molecule has 0 aromatic heterocycles. The van der Waals surface area contributed by atoms with E-state index < -0.39 is 0 Å².